The molecule has 8 heteroatoms. The summed E-state index contributed by atoms with van der Waals surface area (Å²) in [4.78, 5) is 22.5. The summed E-state index contributed by atoms with van der Waals surface area (Å²) in [5.41, 5.74) is 5.64. The second-order valence-corrected chi connectivity index (χ2v) is 6.64. The minimum atomic E-state index is -0.782. The Bertz CT molecular complexity index is 629. The number of hydrogen-bond donors (Lipinski definition) is 2. The number of amides is 1. The quantitative estimate of drug-likeness (QED) is 0.641. The zero-order chi connectivity index (χ0) is 16.6. The van der Waals surface area contributed by atoms with E-state index < -0.39 is 22.3 Å². The number of nitrogens with one attached hydrogen (secondary N) is 1. The van der Waals surface area contributed by atoms with Gasteiger partial charge in [-0.15, -0.1) is 12.4 Å². The zero-order valence-electron chi connectivity index (χ0n) is 13.1. The van der Waals surface area contributed by atoms with Gasteiger partial charge in [-0.1, -0.05) is 6.42 Å². The van der Waals surface area contributed by atoms with E-state index in [0.29, 0.717) is 11.8 Å². The van der Waals surface area contributed by atoms with Crippen LogP contribution in [0.5, 0.6) is 0 Å². The number of nitrogens with two attached hydrogens (primary N) is 1. The van der Waals surface area contributed by atoms with E-state index in [1.165, 1.54) is 0 Å². The number of nitro groups is 1. The molecule has 2 bridgehead atoms. The highest BCUT2D eigenvalue weighted by atomic mass is 35.5. The van der Waals surface area contributed by atoms with Crippen LogP contribution in [0.2, 0.25) is 0 Å². The second-order valence-electron chi connectivity index (χ2n) is 6.64. The summed E-state index contributed by atoms with van der Waals surface area (Å²) >= 11 is 0. The molecule has 132 valence electrons. The second kappa shape index (κ2) is 7.44. The van der Waals surface area contributed by atoms with Crippen molar-refractivity contribution in [2.75, 3.05) is 0 Å². The van der Waals surface area contributed by atoms with Crippen LogP contribution in [0.25, 0.3) is 0 Å². The lowest BCUT2D eigenvalue weighted by atomic mass is 9.67. The Hall–Kier alpha value is -1.73. The number of rotatable bonds is 3. The summed E-state index contributed by atoms with van der Waals surface area (Å²) in [5.74, 6) is -0.560. The van der Waals surface area contributed by atoms with Crippen molar-refractivity contribution in [1.29, 1.82) is 0 Å². The Morgan fingerprint density at radius 1 is 1.25 bits per heavy atom. The van der Waals surface area contributed by atoms with Crippen LogP contribution < -0.4 is 11.1 Å². The molecule has 2 saturated carbocycles. The highest BCUT2D eigenvalue weighted by molar-refractivity contribution is 5.95. The first-order valence-electron chi connectivity index (χ1n) is 7.95. The number of nitrogens with zero attached hydrogens (tertiary/aromatic N) is 1. The maximum absolute atomic E-state index is 13.5. The Morgan fingerprint density at radius 3 is 2.46 bits per heavy atom. The number of carbonyl (C=O) groups excluding carboxylic acids is 1. The number of non-ortho nitro benzene ring substituents is 1. The molecule has 0 spiro atoms. The van der Waals surface area contributed by atoms with E-state index >= 15 is 0 Å². The van der Waals surface area contributed by atoms with E-state index in [9.17, 15) is 19.3 Å². The van der Waals surface area contributed by atoms with Crippen molar-refractivity contribution in [3.63, 3.8) is 0 Å². The molecule has 2 atom stereocenters. The lowest BCUT2D eigenvalue weighted by Gasteiger charge is -2.45. The van der Waals surface area contributed by atoms with Crippen LogP contribution in [-0.2, 0) is 0 Å². The maximum atomic E-state index is 13.5. The van der Waals surface area contributed by atoms with Gasteiger partial charge >= 0.3 is 0 Å². The van der Waals surface area contributed by atoms with Crippen LogP contribution in [0, 0.1) is 27.8 Å². The summed E-state index contributed by atoms with van der Waals surface area (Å²) in [6.07, 6.45) is 4.95. The van der Waals surface area contributed by atoms with Crippen molar-refractivity contribution in [3.05, 3.63) is 39.7 Å². The van der Waals surface area contributed by atoms with Crippen LogP contribution in [0.4, 0.5) is 10.1 Å². The third kappa shape index (κ3) is 3.84. The first kappa shape index (κ1) is 18.6. The van der Waals surface area contributed by atoms with Gasteiger partial charge in [-0.25, -0.2) is 4.39 Å². The lowest BCUT2D eigenvalue weighted by molar-refractivity contribution is -0.385. The third-order valence-electron chi connectivity index (χ3n) is 5.03. The molecule has 0 aliphatic heterocycles. The summed E-state index contributed by atoms with van der Waals surface area (Å²) < 4.78 is 13.5. The van der Waals surface area contributed by atoms with Crippen LogP contribution in [0.3, 0.4) is 0 Å². The Labute approximate surface area is 145 Å². The largest absolute Gasteiger partial charge is 0.349 e. The van der Waals surface area contributed by atoms with E-state index in [2.05, 4.69) is 5.32 Å². The summed E-state index contributed by atoms with van der Waals surface area (Å²) in [5, 5.41) is 13.8. The van der Waals surface area contributed by atoms with Crippen LogP contribution in [0.15, 0.2) is 18.2 Å². The van der Waals surface area contributed by atoms with Gasteiger partial charge in [0, 0.05) is 23.7 Å². The van der Waals surface area contributed by atoms with Gasteiger partial charge in [-0.05, 0) is 43.6 Å². The van der Waals surface area contributed by atoms with Crippen molar-refractivity contribution in [2.45, 2.75) is 44.2 Å². The number of carbonyl (C=O) groups is 1. The molecule has 24 heavy (non-hydrogen) atoms. The third-order valence-corrected chi connectivity index (χ3v) is 5.03. The van der Waals surface area contributed by atoms with E-state index in [1.54, 1.807) is 0 Å². The minimum absolute atomic E-state index is 0. The van der Waals surface area contributed by atoms with Gasteiger partial charge in [-0.3, -0.25) is 14.9 Å². The van der Waals surface area contributed by atoms with Gasteiger partial charge in [-0.2, -0.15) is 0 Å². The number of nitro benzene ring substituents is 1. The number of halogens is 2. The van der Waals surface area contributed by atoms with Crippen LogP contribution in [-0.4, -0.2) is 22.9 Å². The Kier molecular flexibility index (Phi) is 5.77. The molecule has 2 unspecified atom stereocenters. The lowest BCUT2D eigenvalue weighted by Crippen LogP contribution is -2.53. The number of hydrogen-bond acceptors (Lipinski definition) is 4. The number of benzene rings is 1. The van der Waals surface area contributed by atoms with Crippen molar-refractivity contribution in [2.24, 2.45) is 17.6 Å². The molecule has 2 aliphatic carbocycles. The van der Waals surface area contributed by atoms with Gasteiger partial charge in [0.25, 0.3) is 11.6 Å². The summed E-state index contributed by atoms with van der Waals surface area (Å²) in [7, 11) is 0. The smallest absolute Gasteiger partial charge is 0.273 e. The fraction of sp³-hybridized carbons (Fsp3) is 0.562. The van der Waals surface area contributed by atoms with Gasteiger partial charge in [0.05, 0.1) is 11.0 Å². The normalized spacial score (nSPS) is 28.6. The maximum Gasteiger partial charge on any atom is 0.273 e. The fourth-order valence-corrected chi connectivity index (χ4v) is 4.07. The highest BCUT2D eigenvalue weighted by Crippen LogP contribution is 2.39. The van der Waals surface area contributed by atoms with E-state index in [-0.39, 0.29) is 30.1 Å². The molecular weight excluding hydrogens is 337 g/mol. The molecule has 1 aromatic rings. The average Bonchev–Trinajstić information content (AvgIpc) is 2.47. The minimum Gasteiger partial charge on any atom is -0.349 e. The van der Waals surface area contributed by atoms with Crippen molar-refractivity contribution in [3.8, 4) is 0 Å². The zero-order valence-corrected chi connectivity index (χ0v) is 13.9. The predicted molar refractivity (Wildman–Crippen MR) is 89.6 cm³/mol. The summed E-state index contributed by atoms with van der Waals surface area (Å²) in [6.45, 7) is 0. The molecule has 2 aliphatic rings. The van der Waals surface area contributed by atoms with Crippen molar-refractivity contribution in [1.82, 2.24) is 5.32 Å². The molecule has 1 amide bonds. The monoisotopic (exact) mass is 357 g/mol. The molecule has 0 saturated heterocycles. The summed E-state index contributed by atoms with van der Waals surface area (Å²) in [6, 6.07) is 3.16. The standard InChI is InChI=1S/C16H20FN3O3.ClH/c17-12-4-11(7-14(8-12)20(22)23)16(21)19-15-9-2-1-3-10(15)6-13(18)5-9;/h4,7-10,13,15H,1-3,5-6,18H2,(H,19,21);1H. The Balaban J connectivity index is 0.00000208. The average molecular weight is 358 g/mol. The van der Waals surface area contributed by atoms with Crippen molar-refractivity contribution < 1.29 is 14.1 Å². The molecule has 3 rings (SSSR count). The molecule has 6 nitrogen and oxygen atoms in total. The van der Waals surface area contributed by atoms with E-state index in [0.717, 1.165) is 50.3 Å². The Morgan fingerprint density at radius 2 is 1.88 bits per heavy atom. The highest BCUT2D eigenvalue weighted by Gasteiger charge is 2.40. The van der Waals surface area contributed by atoms with Gasteiger partial charge in [0.15, 0.2) is 0 Å². The molecule has 1 aromatic carbocycles. The van der Waals surface area contributed by atoms with Crippen LogP contribution in [0.1, 0.15) is 42.5 Å². The first-order valence-corrected chi connectivity index (χ1v) is 7.95. The van der Waals surface area contributed by atoms with Crippen LogP contribution >= 0.6 is 12.4 Å². The van der Waals surface area contributed by atoms with Gasteiger partial charge in [0.1, 0.15) is 5.82 Å². The first-order chi connectivity index (χ1) is 10.9. The SMILES string of the molecule is Cl.NC1CC2CCCC(C1)C2NC(=O)c1cc(F)cc([N+](=O)[O-])c1. The molecule has 0 heterocycles. The van der Waals surface area contributed by atoms with Gasteiger partial charge in [0.2, 0.25) is 0 Å². The fourth-order valence-electron chi connectivity index (χ4n) is 4.07. The number of fused-ring (bicyclic) bond motifs is 2. The molecule has 2 fully saturated rings. The van der Waals surface area contributed by atoms with Crippen molar-refractivity contribution >= 4 is 24.0 Å². The molecular formula is C16H21ClFN3O3. The molecule has 0 radical (unpaired) electrons. The molecule has 3 N–H and O–H groups in total. The molecule has 0 aromatic heterocycles. The topological polar surface area (TPSA) is 98.3 Å². The predicted octanol–water partition coefficient (Wildman–Crippen LogP) is 2.79. The van der Waals surface area contributed by atoms with E-state index in [4.69, 9.17) is 5.73 Å². The van der Waals surface area contributed by atoms with E-state index in [1.807, 2.05) is 0 Å². The van der Waals surface area contributed by atoms with Gasteiger partial charge < -0.3 is 11.1 Å².